The quantitative estimate of drug-likeness (QED) is 0.571. The number of fused-ring (bicyclic) bond motifs is 1. The Morgan fingerprint density at radius 2 is 2.03 bits per heavy atom. The van der Waals surface area contributed by atoms with Crippen LogP contribution in [0.25, 0.3) is 22.4 Å². The van der Waals surface area contributed by atoms with Crippen LogP contribution in [0.4, 0.5) is 23.4 Å². The molecule has 2 atom stereocenters. The maximum Gasteiger partial charge on any atom is 0.395 e. The van der Waals surface area contributed by atoms with Gasteiger partial charge >= 0.3 is 6.18 Å². The zero-order valence-electron chi connectivity index (χ0n) is 17.2. The minimum absolute atomic E-state index is 0. The lowest BCUT2D eigenvalue weighted by molar-refractivity contribution is -0.222. The Kier molecular flexibility index (Phi) is 5.36. The van der Waals surface area contributed by atoms with Crippen LogP contribution in [0.2, 0.25) is 0 Å². The van der Waals surface area contributed by atoms with Crippen LogP contribution in [0.1, 0.15) is 29.5 Å². The number of piperidine rings is 1. The predicted molar refractivity (Wildman–Crippen MR) is 114 cm³/mol. The zero-order valence-corrected chi connectivity index (χ0v) is 17.2. The van der Waals surface area contributed by atoms with Crippen LogP contribution in [0, 0.1) is 17.2 Å². The van der Waals surface area contributed by atoms with Crippen molar-refractivity contribution in [2.45, 2.75) is 38.9 Å². The van der Waals surface area contributed by atoms with Crippen LogP contribution >= 0.6 is 0 Å². The van der Waals surface area contributed by atoms with Crippen LogP contribution < -0.4 is 10.6 Å². The molecule has 0 saturated carbocycles. The molecule has 0 spiro atoms. The summed E-state index contributed by atoms with van der Waals surface area (Å²) in [4.78, 5) is 10.5. The van der Waals surface area contributed by atoms with Gasteiger partial charge in [0.15, 0.2) is 11.5 Å². The third-order valence-corrected chi connectivity index (χ3v) is 6.25. The number of pyridine rings is 2. The number of aromatic nitrogens is 4. The number of halogens is 4. The van der Waals surface area contributed by atoms with Gasteiger partial charge in [0, 0.05) is 33.6 Å². The molecule has 31 heavy (non-hydrogen) atoms. The third kappa shape index (κ3) is 3.84. The van der Waals surface area contributed by atoms with Gasteiger partial charge in [-0.3, -0.25) is 5.10 Å². The van der Waals surface area contributed by atoms with Gasteiger partial charge in [-0.2, -0.15) is 18.3 Å². The lowest BCUT2D eigenvalue weighted by Gasteiger charge is -2.43. The van der Waals surface area contributed by atoms with Crippen molar-refractivity contribution in [3.63, 3.8) is 0 Å². The van der Waals surface area contributed by atoms with Gasteiger partial charge in [0.1, 0.15) is 11.5 Å². The summed E-state index contributed by atoms with van der Waals surface area (Å²) in [5.74, 6) is -0.399. The molecule has 3 aromatic rings. The lowest BCUT2D eigenvalue weighted by atomic mass is 9.74. The molecule has 10 heteroatoms. The highest BCUT2D eigenvalue weighted by atomic mass is 19.4. The van der Waals surface area contributed by atoms with E-state index in [0.717, 1.165) is 13.8 Å². The van der Waals surface area contributed by atoms with Crippen molar-refractivity contribution in [2.24, 2.45) is 17.1 Å². The Bertz CT molecular complexity index is 1090. The van der Waals surface area contributed by atoms with E-state index in [-0.39, 0.29) is 14.5 Å². The number of hydrogen-bond acceptors (Lipinski definition) is 5. The largest absolute Gasteiger partial charge is 0.395 e. The first-order chi connectivity index (χ1) is 14.6. The summed E-state index contributed by atoms with van der Waals surface area (Å²) >= 11 is 0. The van der Waals surface area contributed by atoms with E-state index in [2.05, 4.69) is 20.2 Å². The summed E-state index contributed by atoms with van der Waals surface area (Å²) < 4.78 is 55.1. The maximum absolute atomic E-state index is 14.6. The summed E-state index contributed by atoms with van der Waals surface area (Å²) in [6, 6.07) is 5.28. The van der Waals surface area contributed by atoms with Crippen molar-refractivity contribution in [1.29, 1.82) is 0 Å². The number of nitrogens with two attached hydrogens (primary N) is 1. The third-order valence-electron chi connectivity index (χ3n) is 6.25. The molecule has 0 aliphatic carbocycles. The van der Waals surface area contributed by atoms with Crippen LogP contribution in [-0.4, -0.2) is 45.5 Å². The molecule has 1 aliphatic rings. The fourth-order valence-electron chi connectivity index (χ4n) is 4.10. The van der Waals surface area contributed by atoms with Crippen molar-refractivity contribution in [2.75, 3.05) is 18.0 Å². The van der Waals surface area contributed by atoms with Gasteiger partial charge in [0.2, 0.25) is 0 Å². The zero-order chi connectivity index (χ0) is 22.4. The van der Waals surface area contributed by atoms with Crippen LogP contribution in [0.5, 0.6) is 0 Å². The second-order valence-electron chi connectivity index (χ2n) is 8.57. The molecule has 1 fully saturated rings. The molecule has 3 N–H and O–H groups in total. The summed E-state index contributed by atoms with van der Waals surface area (Å²) in [6.07, 6.45) is -1.53. The van der Waals surface area contributed by atoms with Gasteiger partial charge in [-0.05, 0) is 56.9 Å². The minimum Gasteiger partial charge on any atom is -0.356 e. The molecule has 0 radical (unpaired) electrons. The Morgan fingerprint density at radius 1 is 1.26 bits per heavy atom. The SMILES string of the molecule is CC(C)(C(N)C1CCCN(c2ccc(F)c(-c3[nH]nc4ncccc34)n2)C1)C(F)(F)F.[HH].[HH]. The number of alkyl halides is 3. The van der Waals surface area contributed by atoms with Gasteiger partial charge in [0.25, 0.3) is 0 Å². The van der Waals surface area contributed by atoms with Crippen molar-refractivity contribution in [1.82, 2.24) is 20.2 Å². The fourth-order valence-corrected chi connectivity index (χ4v) is 4.10. The first-order valence-electron chi connectivity index (χ1n) is 10.1. The molecule has 0 aromatic carbocycles. The number of H-pyrrole nitrogens is 1. The van der Waals surface area contributed by atoms with Gasteiger partial charge < -0.3 is 10.6 Å². The van der Waals surface area contributed by atoms with E-state index in [0.29, 0.717) is 48.5 Å². The number of nitrogens with one attached hydrogen (secondary N) is 1. The van der Waals surface area contributed by atoms with Crippen molar-refractivity contribution in [3.8, 4) is 11.4 Å². The number of anilines is 1. The van der Waals surface area contributed by atoms with E-state index in [1.165, 1.54) is 6.07 Å². The standard InChI is InChI=1S/C21H24F4N6.2H2/c1-20(2,21(23,24)25)18(26)12-5-4-10-31(11-12)15-8-7-14(22)17(28-15)16-13-6-3-9-27-19(13)30-29-16;;/h3,6-9,12,18H,4-5,10-11,26H2,1-2H3,(H,27,29,30);2*1H. The normalized spacial score (nSPS) is 19.1. The van der Waals surface area contributed by atoms with E-state index in [1.54, 1.807) is 24.4 Å². The molecule has 4 rings (SSSR count). The molecular formula is C21H28F4N6. The average molecular weight is 440 g/mol. The van der Waals surface area contributed by atoms with Crippen molar-refractivity contribution >= 4 is 16.9 Å². The second kappa shape index (κ2) is 7.74. The van der Waals surface area contributed by atoms with Crippen LogP contribution in [0.15, 0.2) is 30.5 Å². The number of hydrogen-bond donors (Lipinski definition) is 2. The van der Waals surface area contributed by atoms with E-state index in [1.807, 2.05) is 4.90 Å². The first-order valence-corrected chi connectivity index (χ1v) is 10.1. The number of rotatable bonds is 4. The second-order valence-corrected chi connectivity index (χ2v) is 8.57. The maximum atomic E-state index is 14.6. The Balaban J connectivity index is 0.00000193. The molecule has 3 aromatic heterocycles. The number of nitrogens with zero attached hydrogens (tertiary/aromatic N) is 4. The van der Waals surface area contributed by atoms with Crippen molar-refractivity contribution < 1.29 is 20.4 Å². The van der Waals surface area contributed by atoms with Crippen molar-refractivity contribution in [3.05, 3.63) is 36.3 Å². The molecule has 2 unspecified atom stereocenters. The molecule has 170 valence electrons. The molecular weight excluding hydrogens is 412 g/mol. The van der Waals surface area contributed by atoms with E-state index >= 15 is 0 Å². The summed E-state index contributed by atoms with van der Waals surface area (Å²) in [5.41, 5.74) is 5.04. The smallest absolute Gasteiger partial charge is 0.356 e. The fraction of sp³-hybridized carbons (Fsp3) is 0.476. The van der Waals surface area contributed by atoms with Gasteiger partial charge in [0.05, 0.1) is 11.1 Å². The van der Waals surface area contributed by atoms with E-state index in [9.17, 15) is 17.6 Å². The predicted octanol–water partition coefficient (Wildman–Crippen LogP) is 4.78. The Morgan fingerprint density at radius 3 is 2.77 bits per heavy atom. The first kappa shape index (κ1) is 21.5. The molecule has 1 saturated heterocycles. The topological polar surface area (TPSA) is 83.7 Å². The number of aromatic amines is 1. The molecule has 0 bridgehead atoms. The highest BCUT2D eigenvalue weighted by molar-refractivity contribution is 5.89. The highest BCUT2D eigenvalue weighted by Crippen LogP contribution is 2.43. The monoisotopic (exact) mass is 440 g/mol. The summed E-state index contributed by atoms with van der Waals surface area (Å²) in [6.45, 7) is 3.22. The average Bonchev–Trinajstić information content (AvgIpc) is 3.17. The van der Waals surface area contributed by atoms with E-state index in [4.69, 9.17) is 5.73 Å². The molecule has 1 aliphatic heterocycles. The lowest BCUT2D eigenvalue weighted by Crippen LogP contribution is -2.55. The molecule has 0 amide bonds. The van der Waals surface area contributed by atoms with Crippen LogP contribution in [-0.2, 0) is 0 Å². The van der Waals surface area contributed by atoms with Crippen LogP contribution in [0.3, 0.4) is 0 Å². The van der Waals surface area contributed by atoms with Gasteiger partial charge in [-0.1, -0.05) is 0 Å². The Hall–Kier alpha value is -2.75. The Labute approximate surface area is 179 Å². The minimum atomic E-state index is -4.40. The summed E-state index contributed by atoms with van der Waals surface area (Å²) in [5, 5.41) is 7.51. The van der Waals surface area contributed by atoms with E-state index < -0.39 is 23.5 Å². The molecule has 4 heterocycles. The van der Waals surface area contributed by atoms with Gasteiger partial charge in [-0.25, -0.2) is 14.4 Å². The highest BCUT2D eigenvalue weighted by Gasteiger charge is 2.53. The molecule has 6 nitrogen and oxygen atoms in total. The summed E-state index contributed by atoms with van der Waals surface area (Å²) in [7, 11) is 0. The van der Waals surface area contributed by atoms with Gasteiger partial charge in [-0.15, -0.1) is 0 Å².